The van der Waals surface area contributed by atoms with Crippen molar-refractivity contribution in [2.75, 3.05) is 0 Å². The maximum atomic E-state index is 13.1. The number of hydrogen-bond donors (Lipinski definition) is 0. The molecule has 5 rings (SSSR count). The molecule has 0 N–H and O–H groups in total. The summed E-state index contributed by atoms with van der Waals surface area (Å²) in [5.74, 6) is 0. The Balaban J connectivity index is 1.81. The molecule has 5 nitrogen and oxygen atoms in total. The molecule has 3 heterocycles. The second-order valence-corrected chi connectivity index (χ2v) is 9.59. The summed E-state index contributed by atoms with van der Waals surface area (Å²) in [6.45, 7) is 5.57. The number of carbonyl (C=O) groups is 1. The minimum Gasteiger partial charge on any atom is -0.443 e. The van der Waals surface area contributed by atoms with E-state index in [0.29, 0.717) is 11.0 Å². The van der Waals surface area contributed by atoms with Gasteiger partial charge in [0, 0.05) is 9.79 Å². The standard InChI is InChI=1S/C21H17N3O2S2/c1-21(2,3)26-20(25)24-18-16(27-14-10-6-4-8-12(14)22-18)17-19(24)23-13-9-5-7-11-15(13)28-17/h4-11H,1-3H3. The third kappa shape index (κ3) is 2.86. The van der Waals surface area contributed by atoms with E-state index in [4.69, 9.17) is 14.7 Å². The van der Waals surface area contributed by atoms with Crippen molar-refractivity contribution < 1.29 is 9.53 Å². The summed E-state index contributed by atoms with van der Waals surface area (Å²) in [4.78, 5) is 26.7. The van der Waals surface area contributed by atoms with Crippen molar-refractivity contribution in [2.45, 2.75) is 46.0 Å². The molecule has 0 amide bonds. The Morgan fingerprint density at radius 2 is 1.32 bits per heavy atom. The van der Waals surface area contributed by atoms with E-state index < -0.39 is 11.7 Å². The quantitative estimate of drug-likeness (QED) is 0.358. The van der Waals surface area contributed by atoms with Crippen LogP contribution in [0, 0.1) is 0 Å². The normalized spacial score (nSPS) is 14.0. The summed E-state index contributed by atoms with van der Waals surface area (Å²) >= 11 is 3.25. The Bertz CT molecular complexity index is 1170. The van der Waals surface area contributed by atoms with Crippen molar-refractivity contribution in [1.82, 2.24) is 4.57 Å². The maximum Gasteiger partial charge on any atom is 0.422 e. The number of nitrogens with zero attached hydrogens (tertiary/aromatic N) is 3. The number of rotatable bonds is 0. The lowest BCUT2D eigenvalue weighted by Gasteiger charge is -2.20. The fraction of sp³-hybridized carbons (Fsp3) is 0.190. The van der Waals surface area contributed by atoms with Crippen LogP contribution in [0.4, 0.5) is 16.2 Å². The Labute approximate surface area is 170 Å². The molecular weight excluding hydrogens is 390 g/mol. The van der Waals surface area contributed by atoms with Crippen molar-refractivity contribution in [3.8, 4) is 0 Å². The number of ether oxygens (including phenoxy) is 1. The SMILES string of the molecule is CC(C)(C)OC(=O)n1c2c(c3c1=Nc1ccccc1S3)Sc1ccccc1N=2. The molecule has 140 valence electrons. The van der Waals surface area contributed by atoms with Crippen LogP contribution < -0.4 is 11.0 Å². The highest BCUT2D eigenvalue weighted by Gasteiger charge is 2.30. The first-order valence-electron chi connectivity index (χ1n) is 8.90. The molecule has 0 saturated carbocycles. The van der Waals surface area contributed by atoms with Gasteiger partial charge in [0.2, 0.25) is 0 Å². The summed E-state index contributed by atoms with van der Waals surface area (Å²) in [6.07, 6.45) is -0.461. The summed E-state index contributed by atoms with van der Waals surface area (Å²) in [5.41, 5.74) is 2.27. The van der Waals surface area contributed by atoms with Gasteiger partial charge in [-0.2, -0.15) is 0 Å². The second-order valence-electron chi connectivity index (χ2n) is 7.48. The number of hydrogen-bond acceptors (Lipinski definition) is 6. The number of benzene rings is 2. The third-order valence-corrected chi connectivity index (χ3v) is 6.66. The zero-order valence-corrected chi connectivity index (χ0v) is 17.2. The van der Waals surface area contributed by atoms with E-state index in [9.17, 15) is 4.79 Å². The highest BCUT2D eigenvalue weighted by Crippen LogP contribution is 2.44. The molecule has 2 aliphatic rings. The van der Waals surface area contributed by atoms with Crippen LogP contribution in [0.1, 0.15) is 20.8 Å². The molecule has 0 bridgehead atoms. The van der Waals surface area contributed by atoms with Crippen molar-refractivity contribution in [1.29, 1.82) is 0 Å². The van der Waals surface area contributed by atoms with Gasteiger partial charge < -0.3 is 4.74 Å². The first-order valence-corrected chi connectivity index (χ1v) is 10.5. The van der Waals surface area contributed by atoms with Crippen LogP contribution >= 0.6 is 23.5 Å². The van der Waals surface area contributed by atoms with E-state index in [2.05, 4.69) is 0 Å². The molecule has 0 atom stereocenters. The smallest absolute Gasteiger partial charge is 0.422 e. The van der Waals surface area contributed by atoms with Gasteiger partial charge in [-0.05, 0) is 45.0 Å². The monoisotopic (exact) mass is 407 g/mol. The molecule has 2 aliphatic heterocycles. The largest absolute Gasteiger partial charge is 0.443 e. The molecule has 0 radical (unpaired) electrons. The average Bonchev–Trinajstić information content (AvgIpc) is 2.95. The molecule has 7 heteroatoms. The van der Waals surface area contributed by atoms with Gasteiger partial charge in [-0.1, -0.05) is 47.8 Å². The predicted octanol–water partition coefficient (Wildman–Crippen LogP) is 5.10. The Morgan fingerprint density at radius 3 is 1.79 bits per heavy atom. The van der Waals surface area contributed by atoms with E-state index in [1.807, 2.05) is 69.3 Å². The van der Waals surface area contributed by atoms with Crippen molar-refractivity contribution in [3.63, 3.8) is 0 Å². The Hall–Kier alpha value is -2.51. The molecule has 0 saturated heterocycles. The molecule has 2 aromatic carbocycles. The molecule has 28 heavy (non-hydrogen) atoms. The topological polar surface area (TPSA) is 56.0 Å². The second kappa shape index (κ2) is 6.25. The lowest BCUT2D eigenvalue weighted by Crippen LogP contribution is -2.39. The van der Waals surface area contributed by atoms with E-state index in [1.165, 1.54) is 4.57 Å². The fourth-order valence-electron chi connectivity index (χ4n) is 3.09. The summed E-state index contributed by atoms with van der Waals surface area (Å²) in [5, 5.41) is 0. The van der Waals surface area contributed by atoms with Crippen LogP contribution in [0.2, 0.25) is 0 Å². The van der Waals surface area contributed by atoms with Gasteiger partial charge in [-0.3, -0.25) is 0 Å². The van der Waals surface area contributed by atoms with Gasteiger partial charge in [0.05, 0.1) is 21.2 Å². The molecule has 1 aromatic heterocycles. The van der Waals surface area contributed by atoms with Crippen LogP contribution in [0.15, 0.2) is 78.1 Å². The van der Waals surface area contributed by atoms with Crippen molar-refractivity contribution in [2.24, 2.45) is 9.98 Å². The van der Waals surface area contributed by atoms with E-state index in [0.717, 1.165) is 31.0 Å². The highest BCUT2D eigenvalue weighted by atomic mass is 32.2. The van der Waals surface area contributed by atoms with E-state index >= 15 is 0 Å². The van der Waals surface area contributed by atoms with Gasteiger partial charge in [0.25, 0.3) is 0 Å². The molecular formula is C21H17N3O2S2. The molecule has 0 spiro atoms. The number of fused-ring (bicyclic) bond motifs is 5. The highest BCUT2D eigenvalue weighted by molar-refractivity contribution is 8.02. The first kappa shape index (κ1) is 17.6. The van der Waals surface area contributed by atoms with Crippen LogP contribution in [0.3, 0.4) is 0 Å². The van der Waals surface area contributed by atoms with Crippen LogP contribution in [-0.4, -0.2) is 16.3 Å². The lowest BCUT2D eigenvalue weighted by molar-refractivity contribution is 0.0523. The summed E-state index contributed by atoms with van der Waals surface area (Å²) in [7, 11) is 0. The predicted molar refractivity (Wildman–Crippen MR) is 109 cm³/mol. The van der Waals surface area contributed by atoms with Crippen LogP contribution in [-0.2, 0) is 4.74 Å². The van der Waals surface area contributed by atoms with E-state index in [1.54, 1.807) is 23.5 Å². The van der Waals surface area contributed by atoms with Gasteiger partial charge in [-0.25, -0.2) is 19.3 Å². The van der Waals surface area contributed by atoms with E-state index in [-0.39, 0.29) is 0 Å². The minimum atomic E-state index is -0.611. The number of aromatic nitrogens is 1. The summed E-state index contributed by atoms with van der Waals surface area (Å²) < 4.78 is 7.19. The third-order valence-electron chi connectivity index (χ3n) is 4.22. The zero-order chi connectivity index (χ0) is 19.5. The van der Waals surface area contributed by atoms with Gasteiger partial charge >= 0.3 is 6.09 Å². The molecule has 0 aliphatic carbocycles. The Morgan fingerprint density at radius 1 is 0.857 bits per heavy atom. The Kier molecular flexibility index (Phi) is 3.93. The number of carbonyl (C=O) groups excluding carboxylic acids is 1. The van der Waals surface area contributed by atoms with Crippen molar-refractivity contribution in [3.05, 3.63) is 59.5 Å². The van der Waals surface area contributed by atoms with Crippen LogP contribution in [0.25, 0.3) is 0 Å². The van der Waals surface area contributed by atoms with Gasteiger partial charge in [-0.15, -0.1) is 0 Å². The lowest BCUT2D eigenvalue weighted by atomic mass is 10.2. The zero-order valence-electron chi connectivity index (χ0n) is 15.6. The van der Waals surface area contributed by atoms with Gasteiger partial charge in [0.15, 0.2) is 11.0 Å². The molecule has 0 unspecified atom stereocenters. The molecule has 0 fully saturated rings. The van der Waals surface area contributed by atoms with Crippen LogP contribution in [0.5, 0.6) is 0 Å². The maximum absolute atomic E-state index is 13.1. The number of para-hydroxylation sites is 2. The fourth-order valence-corrected chi connectivity index (χ4v) is 5.34. The average molecular weight is 408 g/mol. The van der Waals surface area contributed by atoms with Crippen molar-refractivity contribution >= 4 is 41.0 Å². The molecule has 3 aromatic rings. The van der Waals surface area contributed by atoms with Gasteiger partial charge in [0.1, 0.15) is 5.60 Å². The first-order chi connectivity index (χ1) is 13.4. The minimum absolute atomic E-state index is 0.461. The summed E-state index contributed by atoms with van der Waals surface area (Å²) in [6, 6.07) is 15.9.